The van der Waals surface area contributed by atoms with E-state index in [1.807, 2.05) is 13.0 Å². The first kappa shape index (κ1) is 17.5. The lowest BCUT2D eigenvalue weighted by atomic mass is 9.45. The average molecular weight is 360 g/mol. The van der Waals surface area contributed by atoms with Crippen LogP contribution in [0.5, 0.6) is 0 Å². The van der Waals surface area contributed by atoms with Gasteiger partial charge in [0.25, 0.3) is 0 Å². The molecule has 0 bridgehead atoms. The largest absolute Gasteiger partial charge is 0.461 e. The number of aliphatic hydroxyl groups is 1. The van der Waals surface area contributed by atoms with Crippen molar-refractivity contribution in [2.24, 2.45) is 16.7 Å². The maximum atomic E-state index is 12.9. The summed E-state index contributed by atoms with van der Waals surface area (Å²) in [6, 6.07) is 0. The Bertz CT molecular complexity index is 760. The Hall–Kier alpha value is -1.95. The molecule has 2 aliphatic carbocycles. The number of carbonyl (C=O) groups is 3. The Kier molecular flexibility index (Phi) is 3.71. The second kappa shape index (κ2) is 5.52. The molecule has 0 unspecified atom stereocenters. The highest BCUT2D eigenvalue weighted by Gasteiger charge is 2.68. The van der Waals surface area contributed by atoms with Crippen LogP contribution in [0.4, 0.5) is 0 Å². The molecule has 1 spiro atoms. The maximum Gasteiger partial charge on any atom is 0.334 e. The van der Waals surface area contributed by atoms with E-state index < -0.39 is 16.4 Å². The van der Waals surface area contributed by atoms with Gasteiger partial charge in [0.05, 0.1) is 0 Å². The standard InChI is InChI=1S/C20H24O6/c1-18(7-6-12-8-16(22)25-10-12)14-5-3-4-13-17(23)26-11-20(13,14)9-15(21)19(18,2)24/h4,8,14,24H,3,5-7,9-11H2,1-2H3/t14-,18-,19+,20-/m1/s1. The van der Waals surface area contributed by atoms with Crippen LogP contribution in [-0.4, -0.2) is 41.6 Å². The Morgan fingerprint density at radius 3 is 2.69 bits per heavy atom. The second-order valence-electron chi connectivity index (χ2n) is 8.48. The van der Waals surface area contributed by atoms with Crippen molar-refractivity contribution in [2.75, 3.05) is 13.2 Å². The van der Waals surface area contributed by atoms with Gasteiger partial charge < -0.3 is 14.6 Å². The molecule has 140 valence electrons. The van der Waals surface area contributed by atoms with Crippen molar-refractivity contribution in [3.63, 3.8) is 0 Å². The number of hydrogen-bond donors (Lipinski definition) is 1. The summed E-state index contributed by atoms with van der Waals surface area (Å²) in [5, 5.41) is 11.2. The third-order valence-electron chi connectivity index (χ3n) is 7.28. The first-order chi connectivity index (χ1) is 12.2. The lowest BCUT2D eigenvalue weighted by Gasteiger charge is -2.58. The van der Waals surface area contributed by atoms with Crippen LogP contribution in [0.3, 0.4) is 0 Å². The zero-order chi connectivity index (χ0) is 18.7. The van der Waals surface area contributed by atoms with E-state index in [2.05, 4.69) is 0 Å². The maximum absolute atomic E-state index is 12.9. The number of Topliss-reactive ketones (excluding diaryl/α,β-unsaturated/α-hetero) is 1. The molecule has 6 nitrogen and oxygen atoms in total. The van der Waals surface area contributed by atoms with E-state index in [0.29, 0.717) is 18.4 Å². The minimum Gasteiger partial charge on any atom is -0.461 e. The van der Waals surface area contributed by atoms with Gasteiger partial charge in [0, 0.05) is 28.9 Å². The van der Waals surface area contributed by atoms with Crippen LogP contribution in [0.25, 0.3) is 0 Å². The molecule has 0 aromatic carbocycles. The number of carbonyl (C=O) groups excluding carboxylic acids is 3. The van der Waals surface area contributed by atoms with E-state index in [9.17, 15) is 19.5 Å². The Morgan fingerprint density at radius 1 is 1.23 bits per heavy atom. The molecule has 2 fully saturated rings. The summed E-state index contributed by atoms with van der Waals surface area (Å²) < 4.78 is 10.3. The van der Waals surface area contributed by atoms with Crippen molar-refractivity contribution in [3.05, 3.63) is 23.3 Å². The highest BCUT2D eigenvalue weighted by atomic mass is 16.5. The topological polar surface area (TPSA) is 89.9 Å². The van der Waals surface area contributed by atoms with E-state index in [1.165, 1.54) is 6.08 Å². The number of allylic oxidation sites excluding steroid dienone is 1. The van der Waals surface area contributed by atoms with E-state index >= 15 is 0 Å². The van der Waals surface area contributed by atoms with Crippen LogP contribution in [0, 0.1) is 16.7 Å². The monoisotopic (exact) mass is 360 g/mol. The van der Waals surface area contributed by atoms with E-state index in [-0.39, 0.29) is 43.3 Å². The van der Waals surface area contributed by atoms with Crippen molar-refractivity contribution in [2.45, 2.75) is 51.6 Å². The van der Waals surface area contributed by atoms with Gasteiger partial charge >= 0.3 is 11.9 Å². The van der Waals surface area contributed by atoms with Gasteiger partial charge in [0.15, 0.2) is 5.78 Å². The number of hydrogen-bond acceptors (Lipinski definition) is 6. The molecule has 26 heavy (non-hydrogen) atoms. The fourth-order valence-corrected chi connectivity index (χ4v) is 5.51. The number of ether oxygens (including phenoxy) is 2. The summed E-state index contributed by atoms with van der Waals surface area (Å²) in [7, 11) is 0. The molecule has 2 heterocycles. The molecule has 0 amide bonds. The predicted octanol–water partition coefficient (Wildman–Crippen LogP) is 1.86. The molecule has 6 heteroatoms. The summed E-state index contributed by atoms with van der Waals surface area (Å²) in [6.07, 6.45) is 6.20. The molecular weight excluding hydrogens is 336 g/mol. The van der Waals surface area contributed by atoms with Crippen LogP contribution < -0.4 is 0 Å². The zero-order valence-corrected chi connectivity index (χ0v) is 15.2. The first-order valence-electron chi connectivity index (χ1n) is 9.20. The summed E-state index contributed by atoms with van der Waals surface area (Å²) in [5.41, 5.74) is -1.34. The van der Waals surface area contributed by atoms with Crippen molar-refractivity contribution in [3.8, 4) is 0 Å². The summed E-state index contributed by atoms with van der Waals surface area (Å²) in [4.78, 5) is 36.5. The van der Waals surface area contributed by atoms with Gasteiger partial charge in [-0.2, -0.15) is 0 Å². The Labute approximate surface area is 152 Å². The molecule has 4 aliphatic rings. The first-order valence-corrected chi connectivity index (χ1v) is 9.20. The third kappa shape index (κ3) is 2.17. The van der Waals surface area contributed by atoms with Crippen molar-refractivity contribution < 1.29 is 29.0 Å². The summed E-state index contributed by atoms with van der Waals surface area (Å²) in [6.45, 7) is 4.03. The molecule has 0 aromatic heterocycles. The van der Waals surface area contributed by atoms with Gasteiger partial charge in [-0.1, -0.05) is 13.0 Å². The van der Waals surface area contributed by atoms with Crippen LogP contribution in [0.2, 0.25) is 0 Å². The van der Waals surface area contributed by atoms with Crippen LogP contribution in [-0.2, 0) is 23.9 Å². The SMILES string of the molecule is C[C@]1(O)C(=O)C[C@@]23COC(=O)C2=CCC[C@@H]3[C@@]1(C)CCC1=CC(=O)OC1. The van der Waals surface area contributed by atoms with Crippen LogP contribution in [0.1, 0.15) is 46.0 Å². The third-order valence-corrected chi connectivity index (χ3v) is 7.28. The molecule has 0 aromatic rings. The van der Waals surface area contributed by atoms with Crippen molar-refractivity contribution in [1.82, 2.24) is 0 Å². The van der Waals surface area contributed by atoms with Crippen molar-refractivity contribution in [1.29, 1.82) is 0 Å². The fraction of sp³-hybridized carbons (Fsp3) is 0.650. The molecule has 1 saturated carbocycles. The fourth-order valence-electron chi connectivity index (χ4n) is 5.51. The normalized spacial score (nSPS) is 41.8. The summed E-state index contributed by atoms with van der Waals surface area (Å²) in [5.74, 6) is -0.947. The van der Waals surface area contributed by atoms with Gasteiger partial charge in [-0.05, 0) is 44.1 Å². The number of esters is 2. The zero-order valence-electron chi connectivity index (χ0n) is 15.2. The molecular formula is C20H24O6. The molecule has 1 saturated heterocycles. The van der Waals surface area contributed by atoms with E-state index in [0.717, 1.165) is 18.4 Å². The Morgan fingerprint density at radius 2 is 2.00 bits per heavy atom. The highest BCUT2D eigenvalue weighted by molar-refractivity contribution is 5.97. The van der Waals surface area contributed by atoms with Crippen molar-refractivity contribution >= 4 is 17.7 Å². The minimum atomic E-state index is -1.49. The molecule has 4 atom stereocenters. The van der Waals surface area contributed by atoms with E-state index in [1.54, 1.807) is 6.92 Å². The van der Waals surface area contributed by atoms with Crippen LogP contribution in [0.15, 0.2) is 23.3 Å². The molecule has 1 N–H and O–H groups in total. The quantitative estimate of drug-likeness (QED) is 0.773. The lowest BCUT2D eigenvalue weighted by molar-refractivity contribution is -0.184. The predicted molar refractivity (Wildman–Crippen MR) is 90.8 cm³/mol. The number of ketones is 1. The average Bonchev–Trinajstić information content (AvgIpc) is 3.15. The minimum absolute atomic E-state index is 0.0345. The van der Waals surface area contributed by atoms with Gasteiger partial charge in [-0.3, -0.25) is 4.79 Å². The Balaban J connectivity index is 1.72. The highest BCUT2D eigenvalue weighted by Crippen LogP contribution is 2.64. The van der Waals surface area contributed by atoms with Gasteiger partial charge in [-0.25, -0.2) is 9.59 Å². The smallest absolute Gasteiger partial charge is 0.334 e. The molecule has 0 radical (unpaired) electrons. The lowest BCUT2D eigenvalue weighted by Crippen LogP contribution is -2.64. The number of rotatable bonds is 3. The van der Waals surface area contributed by atoms with Gasteiger partial charge in [0.1, 0.15) is 18.8 Å². The molecule has 4 rings (SSSR count). The van der Waals surface area contributed by atoms with Crippen LogP contribution >= 0.6 is 0 Å². The van der Waals surface area contributed by atoms with E-state index in [4.69, 9.17) is 9.47 Å². The molecule has 2 aliphatic heterocycles. The van der Waals surface area contributed by atoms with Gasteiger partial charge in [-0.15, -0.1) is 0 Å². The van der Waals surface area contributed by atoms with Gasteiger partial charge in [0.2, 0.25) is 0 Å². The second-order valence-corrected chi connectivity index (χ2v) is 8.48. The number of cyclic esters (lactones) is 2. The summed E-state index contributed by atoms with van der Waals surface area (Å²) >= 11 is 0.